The van der Waals surface area contributed by atoms with Gasteiger partial charge in [-0.2, -0.15) is 0 Å². The molecule has 112 valence electrons. The molecule has 3 heterocycles. The Kier molecular flexibility index (Phi) is 3.82. The van der Waals surface area contributed by atoms with Crippen LogP contribution in [0, 0.1) is 12.8 Å². The van der Waals surface area contributed by atoms with E-state index in [9.17, 15) is 4.79 Å². The van der Waals surface area contributed by atoms with E-state index in [0.29, 0.717) is 29.6 Å². The van der Waals surface area contributed by atoms with Crippen molar-refractivity contribution in [3.63, 3.8) is 0 Å². The maximum absolute atomic E-state index is 12.6. The fourth-order valence-corrected chi connectivity index (χ4v) is 3.82. The third-order valence-electron chi connectivity index (χ3n) is 4.09. The van der Waals surface area contributed by atoms with E-state index in [0.717, 1.165) is 28.8 Å². The molecule has 5 nitrogen and oxygen atoms in total. The van der Waals surface area contributed by atoms with E-state index in [-0.39, 0.29) is 12.5 Å². The number of likely N-dealkylation sites (tertiary alicyclic amines) is 1. The van der Waals surface area contributed by atoms with Gasteiger partial charge in [0.05, 0.1) is 5.69 Å². The van der Waals surface area contributed by atoms with E-state index in [4.69, 9.17) is 10.8 Å². The highest BCUT2D eigenvalue weighted by atomic mass is 32.1. The van der Waals surface area contributed by atoms with Gasteiger partial charge in [-0.25, -0.2) is 4.98 Å². The second-order valence-electron chi connectivity index (χ2n) is 5.57. The Labute approximate surface area is 127 Å². The average Bonchev–Trinajstić information content (AvgIpc) is 2.83. The van der Waals surface area contributed by atoms with Gasteiger partial charge < -0.3 is 15.7 Å². The number of aliphatic hydroxyl groups excluding tert-OH is 1. The lowest BCUT2D eigenvalue weighted by Gasteiger charge is -2.30. The Morgan fingerprint density at radius 1 is 1.48 bits per heavy atom. The van der Waals surface area contributed by atoms with Crippen molar-refractivity contribution in [2.45, 2.75) is 19.8 Å². The summed E-state index contributed by atoms with van der Waals surface area (Å²) >= 11 is 1.37. The number of amides is 1. The molecule has 0 spiro atoms. The van der Waals surface area contributed by atoms with E-state index in [1.165, 1.54) is 11.3 Å². The molecule has 3 N–H and O–H groups in total. The molecule has 0 unspecified atom stereocenters. The molecular weight excluding hydrogens is 286 g/mol. The summed E-state index contributed by atoms with van der Waals surface area (Å²) < 4.78 is 0. The lowest BCUT2D eigenvalue weighted by molar-refractivity contribution is 0.0656. The number of thiophene rings is 1. The molecule has 0 bridgehead atoms. The second-order valence-corrected chi connectivity index (χ2v) is 6.57. The number of aliphatic hydroxyl groups is 1. The molecule has 0 atom stereocenters. The van der Waals surface area contributed by atoms with E-state index in [2.05, 4.69) is 4.98 Å². The number of piperidine rings is 1. The van der Waals surface area contributed by atoms with Gasteiger partial charge in [0, 0.05) is 30.8 Å². The zero-order valence-corrected chi connectivity index (χ0v) is 12.8. The first-order valence-electron chi connectivity index (χ1n) is 7.16. The number of nitrogen functional groups attached to an aromatic ring is 1. The molecule has 2 aromatic heterocycles. The summed E-state index contributed by atoms with van der Waals surface area (Å²) in [5.74, 6) is 0.308. The second kappa shape index (κ2) is 5.61. The number of nitrogens with two attached hydrogens (primary N) is 1. The molecule has 3 rings (SSSR count). The van der Waals surface area contributed by atoms with Gasteiger partial charge in [-0.3, -0.25) is 4.79 Å². The first kappa shape index (κ1) is 14.3. The Morgan fingerprint density at radius 2 is 2.19 bits per heavy atom. The number of hydrogen-bond donors (Lipinski definition) is 2. The van der Waals surface area contributed by atoms with Gasteiger partial charge in [-0.15, -0.1) is 11.3 Å². The van der Waals surface area contributed by atoms with E-state index in [1.54, 1.807) is 0 Å². The molecule has 1 fully saturated rings. The highest BCUT2D eigenvalue weighted by Crippen LogP contribution is 2.34. The minimum Gasteiger partial charge on any atom is -0.397 e. The normalized spacial score (nSPS) is 16.6. The van der Waals surface area contributed by atoms with Crippen LogP contribution in [0.2, 0.25) is 0 Å². The molecule has 1 amide bonds. The maximum atomic E-state index is 12.6. The van der Waals surface area contributed by atoms with Gasteiger partial charge in [0.15, 0.2) is 0 Å². The number of carbonyl (C=O) groups excluding carboxylic acids is 1. The van der Waals surface area contributed by atoms with E-state index in [1.807, 2.05) is 24.0 Å². The summed E-state index contributed by atoms with van der Waals surface area (Å²) in [7, 11) is 0. The number of nitrogens with zero attached hydrogens (tertiary/aromatic N) is 2. The van der Waals surface area contributed by atoms with Crippen LogP contribution in [-0.2, 0) is 0 Å². The first-order chi connectivity index (χ1) is 10.1. The minimum absolute atomic E-state index is 0.00968. The number of aromatic nitrogens is 1. The lowest BCUT2D eigenvalue weighted by Crippen LogP contribution is -2.39. The van der Waals surface area contributed by atoms with Crippen molar-refractivity contribution >= 4 is 33.1 Å². The molecule has 0 aliphatic carbocycles. The van der Waals surface area contributed by atoms with Gasteiger partial charge >= 0.3 is 0 Å². The summed E-state index contributed by atoms with van der Waals surface area (Å²) in [6, 6.07) is 3.84. The van der Waals surface area contributed by atoms with Crippen molar-refractivity contribution in [3.8, 4) is 0 Å². The predicted octanol–water partition coefficient (Wildman–Crippen LogP) is 2.03. The number of hydrogen-bond acceptors (Lipinski definition) is 5. The van der Waals surface area contributed by atoms with Crippen molar-refractivity contribution in [2.75, 3.05) is 25.4 Å². The van der Waals surface area contributed by atoms with Crippen LogP contribution in [0.1, 0.15) is 28.2 Å². The number of aryl methyl sites for hydroxylation is 1. The number of rotatable bonds is 2. The predicted molar refractivity (Wildman–Crippen MR) is 84.5 cm³/mol. The topological polar surface area (TPSA) is 79.5 Å². The molecule has 21 heavy (non-hydrogen) atoms. The van der Waals surface area contributed by atoms with Crippen molar-refractivity contribution < 1.29 is 9.90 Å². The van der Waals surface area contributed by atoms with Gasteiger partial charge in [-0.05, 0) is 37.8 Å². The van der Waals surface area contributed by atoms with Crippen molar-refractivity contribution in [1.29, 1.82) is 0 Å². The van der Waals surface area contributed by atoms with Crippen LogP contribution >= 0.6 is 11.3 Å². The highest BCUT2D eigenvalue weighted by Gasteiger charge is 2.26. The summed E-state index contributed by atoms with van der Waals surface area (Å²) in [5, 5.41) is 10.0. The standard InChI is InChI=1S/C15H19N3O2S/c1-9-2-3-11-12(16)13(21-14(11)17-9)15(20)18-6-4-10(8-19)5-7-18/h2-3,10,19H,4-8,16H2,1H3. The molecule has 6 heteroatoms. The monoisotopic (exact) mass is 305 g/mol. The molecule has 1 aliphatic rings. The van der Waals surface area contributed by atoms with Crippen LogP contribution in [0.5, 0.6) is 0 Å². The molecule has 0 radical (unpaired) electrons. The fourth-order valence-electron chi connectivity index (χ4n) is 2.71. The van der Waals surface area contributed by atoms with E-state index < -0.39 is 0 Å². The highest BCUT2D eigenvalue weighted by molar-refractivity contribution is 7.21. The third kappa shape index (κ3) is 2.61. The Bertz CT molecular complexity index is 675. The number of anilines is 1. The SMILES string of the molecule is Cc1ccc2c(N)c(C(=O)N3CCC(CO)CC3)sc2n1. The quantitative estimate of drug-likeness (QED) is 0.890. The summed E-state index contributed by atoms with van der Waals surface area (Å²) in [6.45, 7) is 3.50. The zero-order valence-electron chi connectivity index (χ0n) is 12.0. The molecule has 0 aromatic carbocycles. The molecule has 1 aliphatic heterocycles. The fraction of sp³-hybridized carbons (Fsp3) is 0.467. The van der Waals surface area contributed by atoms with E-state index >= 15 is 0 Å². The van der Waals surface area contributed by atoms with Crippen LogP contribution in [0.3, 0.4) is 0 Å². The maximum Gasteiger partial charge on any atom is 0.266 e. The van der Waals surface area contributed by atoms with Gasteiger partial charge in [0.1, 0.15) is 9.71 Å². The lowest BCUT2D eigenvalue weighted by atomic mass is 9.98. The van der Waals surface area contributed by atoms with Crippen LogP contribution in [0.25, 0.3) is 10.2 Å². The summed E-state index contributed by atoms with van der Waals surface area (Å²) in [4.78, 5) is 20.3. The van der Waals surface area contributed by atoms with Crippen molar-refractivity contribution in [1.82, 2.24) is 9.88 Å². The minimum atomic E-state index is -0.00968. The Balaban J connectivity index is 1.86. The summed E-state index contributed by atoms with van der Waals surface area (Å²) in [6.07, 6.45) is 1.70. The van der Waals surface area contributed by atoms with Crippen LogP contribution in [0.4, 0.5) is 5.69 Å². The Morgan fingerprint density at radius 3 is 2.86 bits per heavy atom. The van der Waals surface area contributed by atoms with Crippen LogP contribution in [0.15, 0.2) is 12.1 Å². The first-order valence-corrected chi connectivity index (χ1v) is 7.97. The number of pyridine rings is 1. The van der Waals surface area contributed by atoms with Gasteiger partial charge in [0.25, 0.3) is 5.91 Å². The largest absolute Gasteiger partial charge is 0.397 e. The molecule has 0 saturated carbocycles. The van der Waals surface area contributed by atoms with Crippen molar-refractivity contribution in [2.24, 2.45) is 5.92 Å². The number of fused-ring (bicyclic) bond motifs is 1. The smallest absolute Gasteiger partial charge is 0.266 e. The van der Waals surface area contributed by atoms with Crippen molar-refractivity contribution in [3.05, 3.63) is 22.7 Å². The number of carbonyl (C=O) groups is 1. The van der Waals surface area contributed by atoms with Gasteiger partial charge in [-0.1, -0.05) is 0 Å². The molecular formula is C15H19N3O2S. The molecule has 2 aromatic rings. The van der Waals surface area contributed by atoms with Gasteiger partial charge in [0.2, 0.25) is 0 Å². The summed E-state index contributed by atoms with van der Waals surface area (Å²) in [5.41, 5.74) is 7.59. The molecule has 1 saturated heterocycles. The van der Waals surface area contributed by atoms with Crippen LogP contribution in [-0.4, -0.2) is 40.6 Å². The zero-order chi connectivity index (χ0) is 15.0. The average molecular weight is 305 g/mol. The Hall–Kier alpha value is -1.66. The third-order valence-corrected chi connectivity index (χ3v) is 5.19. The van der Waals surface area contributed by atoms with Crippen LogP contribution < -0.4 is 5.73 Å².